The molecule has 2 heteroatoms. The van der Waals surface area contributed by atoms with Crippen LogP contribution in [0, 0.1) is 0 Å². The molecule has 0 saturated carbocycles. The second kappa shape index (κ2) is 14.7. The summed E-state index contributed by atoms with van der Waals surface area (Å²) < 4.78 is 2.46. The molecule has 13 rings (SSSR count). The molecule has 11 aromatic rings. The van der Waals surface area contributed by atoms with Crippen molar-refractivity contribution in [2.24, 2.45) is 0 Å². The van der Waals surface area contributed by atoms with Crippen molar-refractivity contribution in [2.75, 3.05) is 4.90 Å². The maximum Gasteiger partial charge on any atom is 0.0713 e. The summed E-state index contributed by atoms with van der Waals surface area (Å²) in [5.41, 5.74) is 21.7. The third-order valence-electron chi connectivity index (χ3n) is 14.7. The van der Waals surface area contributed by atoms with E-state index in [2.05, 4.69) is 266 Å². The molecule has 0 amide bonds. The lowest BCUT2D eigenvalue weighted by Crippen LogP contribution is -2.28. The molecule has 0 spiro atoms. The normalized spacial score (nSPS) is 13.8. The fourth-order valence-electron chi connectivity index (χ4n) is 11.7. The quantitative estimate of drug-likeness (QED) is 0.155. The molecule has 0 N–H and O–H groups in total. The number of rotatable bonds is 7. The van der Waals surface area contributed by atoms with Crippen molar-refractivity contribution in [3.63, 3.8) is 0 Å². The maximum atomic E-state index is 2.49. The van der Waals surface area contributed by atoms with E-state index in [0.29, 0.717) is 0 Å². The van der Waals surface area contributed by atoms with Crippen molar-refractivity contribution in [3.8, 4) is 39.1 Å². The molecule has 2 aliphatic rings. The second-order valence-electron chi connectivity index (χ2n) is 18.5. The van der Waals surface area contributed by atoms with Crippen molar-refractivity contribution in [3.05, 3.63) is 276 Å². The molecule has 2 aliphatic carbocycles. The van der Waals surface area contributed by atoms with Gasteiger partial charge in [-0.25, -0.2) is 0 Å². The Morgan fingerprint density at radius 2 is 0.848 bits per heavy atom. The molecule has 0 bridgehead atoms. The topological polar surface area (TPSA) is 8.17 Å². The van der Waals surface area contributed by atoms with Crippen LogP contribution < -0.4 is 4.90 Å². The lowest BCUT2D eigenvalue weighted by atomic mass is 9.67. The molecule has 1 aromatic heterocycles. The summed E-state index contributed by atoms with van der Waals surface area (Å²) >= 11 is 0. The highest BCUT2D eigenvalue weighted by molar-refractivity contribution is 6.11. The summed E-state index contributed by atoms with van der Waals surface area (Å²) in [6.45, 7) is 4.70. The Bertz CT molecular complexity index is 3610. The van der Waals surface area contributed by atoms with Crippen LogP contribution in [0.15, 0.2) is 243 Å². The highest BCUT2D eigenvalue weighted by atomic mass is 15.1. The zero-order valence-corrected chi connectivity index (χ0v) is 37.0. The van der Waals surface area contributed by atoms with Crippen LogP contribution in [0.5, 0.6) is 0 Å². The third-order valence-corrected chi connectivity index (χ3v) is 14.7. The summed E-state index contributed by atoms with van der Waals surface area (Å²) in [6.07, 6.45) is 0. The Hall–Kier alpha value is -8.20. The van der Waals surface area contributed by atoms with Crippen molar-refractivity contribution in [1.82, 2.24) is 4.57 Å². The van der Waals surface area contributed by atoms with E-state index in [1.54, 1.807) is 0 Å². The molecule has 0 unspecified atom stereocenters. The molecule has 312 valence electrons. The Morgan fingerprint density at radius 1 is 0.333 bits per heavy atom. The maximum absolute atomic E-state index is 2.49. The standard InChI is InChI=1S/C64H46N2/c1-63(2)57-27-15-12-26-53(57)55-41-49(36-38-58(55)63)65(48-33-30-44(31-34-48)43-18-6-3-7-19-43)50-35-37-54-56-40-46(32-39-61(56)66(62(54)42-50)47-22-10-5-11-23-47)64(45-20-8-4-9-21-45)59-28-16-13-24-51(59)52-25-14-17-29-60(52)64/h3-42H,1-2H3. The largest absolute Gasteiger partial charge is 0.310 e. The molecule has 0 atom stereocenters. The average Bonchev–Trinajstić information content (AvgIpc) is 3.95. The molecule has 1 heterocycles. The van der Waals surface area contributed by atoms with Crippen molar-refractivity contribution < 1.29 is 0 Å². The molecule has 66 heavy (non-hydrogen) atoms. The van der Waals surface area contributed by atoms with E-state index >= 15 is 0 Å². The number of fused-ring (bicyclic) bond motifs is 9. The van der Waals surface area contributed by atoms with Crippen molar-refractivity contribution in [2.45, 2.75) is 24.7 Å². The van der Waals surface area contributed by atoms with Gasteiger partial charge in [0.2, 0.25) is 0 Å². The first kappa shape index (κ1) is 38.3. The van der Waals surface area contributed by atoms with Gasteiger partial charge in [0.25, 0.3) is 0 Å². The van der Waals surface area contributed by atoms with E-state index in [-0.39, 0.29) is 5.41 Å². The van der Waals surface area contributed by atoms with Crippen LogP contribution in [-0.2, 0) is 10.8 Å². The summed E-state index contributed by atoms with van der Waals surface area (Å²) in [5, 5.41) is 2.44. The molecule has 2 nitrogen and oxygen atoms in total. The average molecular weight is 843 g/mol. The van der Waals surface area contributed by atoms with Gasteiger partial charge in [0.05, 0.1) is 16.4 Å². The zero-order valence-electron chi connectivity index (χ0n) is 37.0. The van der Waals surface area contributed by atoms with Gasteiger partial charge in [-0.2, -0.15) is 0 Å². The van der Waals surface area contributed by atoms with Gasteiger partial charge in [-0.1, -0.05) is 196 Å². The number of nitrogens with zero attached hydrogens (tertiary/aromatic N) is 2. The van der Waals surface area contributed by atoms with E-state index < -0.39 is 5.41 Å². The number of para-hydroxylation sites is 1. The Labute approximate surface area is 386 Å². The van der Waals surface area contributed by atoms with Gasteiger partial charge in [0, 0.05) is 38.9 Å². The van der Waals surface area contributed by atoms with Gasteiger partial charge in [0.1, 0.15) is 0 Å². The van der Waals surface area contributed by atoms with Crippen LogP contribution in [0.3, 0.4) is 0 Å². The first-order valence-electron chi connectivity index (χ1n) is 23.1. The summed E-state index contributed by atoms with van der Waals surface area (Å²) in [4.78, 5) is 2.44. The monoisotopic (exact) mass is 842 g/mol. The van der Waals surface area contributed by atoms with Crippen molar-refractivity contribution in [1.29, 1.82) is 0 Å². The predicted molar refractivity (Wildman–Crippen MR) is 276 cm³/mol. The van der Waals surface area contributed by atoms with Crippen LogP contribution in [0.4, 0.5) is 17.1 Å². The van der Waals surface area contributed by atoms with E-state index in [1.165, 1.54) is 83.1 Å². The molecule has 0 radical (unpaired) electrons. The molecular weight excluding hydrogens is 797 g/mol. The zero-order chi connectivity index (χ0) is 44.0. The summed E-state index contributed by atoms with van der Waals surface area (Å²) in [6, 6.07) is 90.1. The number of hydrogen-bond acceptors (Lipinski definition) is 1. The summed E-state index contributed by atoms with van der Waals surface area (Å²) in [5.74, 6) is 0. The highest BCUT2D eigenvalue weighted by Crippen LogP contribution is 2.57. The second-order valence-corrected chi connectivity index (χ2v) is 18.5. The van der Waals surface area contributed by atoms with Gasteiger partial charge in [-0.15, -0.1) is 0 Å². The first-order valence-corrected chi connectivity index (χ1v) is 23.1. The van der Waals surface area contributed by atoms with Gasteiger partial charge in [-0.3, -0.25) is 0 Å². The SMILES string of the molecule is CC1(C)c2ccccc2-c2cc(N(c3ccc(-c4ccccc4)cc3)c3ccc4c5cc(C6(c7ccccc7)c7ccccc7-c7ccccc76)ccc5n(-c5ccccc5)c4c3)ccc21. The molecule has 10 aromatic carbocycles. The van der Waals surface area contributed by atoms with Crippen molar-refractivity contribution >= 4 is 38.9 Å². The fourth-order valence-corrected chi connectivity index (χ4v) is 11.7. The Kier molecular flexibility index (Phi) is 8.51. The fraction of sp³-hybridized carbons (Fsp3) is 0.0625. The van der Waals surface area contributed by atoms with Crippen LogP contribution in [0.1, 0.15) is 47.2 Å². The van der Waals surface area contributed by atoms with Gasteiger partial charge >= 0.3 is 0 Å². The van der Waals surface area contributed by atoms with Gasteiger partial charge in [-0.05, 0) is 127 Å². The van der Waals surface area contributed by atoms with Crippen LogP contribution in [-0.4, -0.2) is 4.57 Å². The number of benzene rings is 10. The van der Waals surface area contributed by atoms with Crippen LogP contribution in [0.25, 0.3) is 60.9 Å². The molecule has 0 saturated heterocycles. The van der Waals surface area contributed by atoms with Gasteiger partial charge in [0.15, 0.2) is 0 Å². The summed E-state index contributed by atoms with van der Waals surface area (Å²) in [7, 11) is 0. The minimum atomic E-state index is -0.493. The van der Waals surface area contributed by atoms with Crippen LogP contribution in [0.2, 0.25) is 0 Å². The predicted octanol–water partition coefficient (Wildman–Crippen LogP) is 16.6. The van der Waals surface area contributed by atoms with E-state index in [1.807, 2.05) is 0 Å². The molecule has 0 fully saturated rings. The Morgan fingerprint density at radius 3 is 1.53 bits per heavy atom. The van der Waals surface area contributed by atoms with E-state index in [9.17, 15) is 0 Å². The lowest BCUT2D eigenvalue weighted by Gasteiger charge is -2.34. The highest BCUT2D eigenvalue weighted by Gasteiger charge is 2.46. The third kappa shape index (κ3) is 5.55. The van der Waals surface area contributed by atoms with E-state index in [4.69, 9.17) is 0 Å². The van der Waals surface area contributed by atoms with Crippen LogP contribution >= 0.6 is 0 Å². The molecular formula is C64H46N2. The minimum absolute atomic E-state index is 0.0806. The number of anilines is 3. The number of aromatic nitrogens is 1. The lowest BCUT2D eigenvalue weighted by molar-refractivity contribution is 0.660. The van der Waals surface area contributed by atoms with Gasteiger partial charge < -0.3 is 9.47 Å². The smallest absolute Gasteiger partial charge is 0.0713 e. The van der Waals surface area contributed by atoms with E-state index in [0.717, 1.165) is 28.3 Å². The molecule has 0 aliphatic heterocycles. The Balaban J connectivity index is 1.05. The first-order chi connectivity index (χ1) is 32.5. The number of hydrogen-bond donors (Lipinski definition) is 0. The minimum Gasteiger partial charge on any atom is -0.310 e.